The summed E-state index contributed by atoms with van der Waals surface area (Å²) in [5, 5.41) is 0. The van der Waals surface area contributed by atoms with Gasteiger partial charge in [-0.1, -0.05) is 0 Å². The maximum absolute atomic E-state index is 12.8. The van der Waals surface area contributed by atoms with Crippen molar-refractivity contribution in [2.45, 2.75) is 12.6 Å². The first-order chi connectivity index (χ1) is 8.18. The molecule has 0 aromatic carbocycles. The Balaban J connectivity index is 3.64. The van der Waals surface area contributed by atoms with Crippen molar-refractivity contribution in [3.63, 3.8) is 0 Å². The highest BCUT2D eigenvalue weighted by Crippen LogP contribution is 2.38. The molecule has 0 aliphatic carbocycles. The largest absolute Gasteiger partial charge is 0.465 e. The van der Waals surface area contributed by atoms with E-state index in [9.17, 15) is 31.1 Å². The normalized spacial score (nSPS) is 11.8. The fourth-order valence-electron chi connectivity index (χ4n) is 1.26. The molecule has 0 aliphatic rings. The van der Waals surface area contributed by atoms with E-state index in [1.165, 1.54) is 0 Å². The number of pyridine rings is 1. The molecule has 0 N–H and O–H groups in total. The number of methoxy groups -OCH3 is 1. The van der Waals surface area contributed by atoms with E-state index < -0.39 is 41.3 Å². The highest BCUT2D eigenvalue weighted by Gasteiger charge is 2.42. The lowest BCUT2D eigenvalue weighted by Crippen LogP contribution is -2.19. The van der Waals surface area contributed by atoms with Crippen LogP contribution in [0, 0.1) is 5.95 Å². The molecule has 0 saturated heterocycles. The van der Waals surface area contributed by atoms with Crippen molar-refractivity contribution < 1.29 is 35.9 Å². The second-order valence-corrected chi connectivity index (χ2v) is 3.04. The minimum Gasteiger partial charge on any atom is -0.465 e. The van der Waals surface area contributed by atoms with E-state index in [4.69, 9.17) is 0 Å². The van der Waals surface area contributed by atoms with Crippen LogP contribution in [0.5, 0.6) is 0 Å². The van der Waals surface area contributed by atoms with Gasteiger partial charge in [-0.15, -0.1) is 0 Å². The highest BCUT2D eigenvalue weighted by molar-refractivity contribution is 5.91. The van der Waals surface area contributed by atoms with Crippen molar-refractivity contribution in [2.24, 2.45) is 0 Å². The fourth-order valence-corrected chi connectivity index (χ4v) is 1.26. The van der Waals surface area contributed by atoms with Gasteiger partial charge in [-0.2, -0.15) is 17.6 Å². The van der Waals surface area contributed by atoms with Crippen molar-refractivity contribution in [3.05, 3.63) is 28.8 Å². The van der Waals surface area contributed by atoms with Gasteiger partial charge in [0.2, 0.25) is 5.95 Å². The summed E-state index contributed by atoms with van der Waals surface area (Å²) in [6.07, 6.45) is -8.96. The van der Waals surface area contributed by atoms with Gasteiger partial charge in [-0.3, -0.25) is 0 Å². The second kappa shape index (κ2) is 4.83. The number of hydrogen-bond donors (Lipinski definition) is 0. The number of esters is 1. The van der Waals surface area contributed by atoms with E-state index >= 15 is 0 Å². The van der Waals surface area contributed by atoms with Crippen LogP contribution in [0.15, 0.2) is 6.07 Å². The van der Waals surface area contributed by atoms with Crippen LogP contribution in [0.2, 0.25) is 0 Å². The van der Waals surface area contributed by atoms with Crippen LogP contribution in [0.4, 0.5) is 26.3 Å². The second-order valence-electron chi connectivity index (χ2n) is 3.04. The minimum atomic E-state index is -5.28. The molecule has 1 rings (SSSR count). The topological polar surface area (TPSA) is 39.2 Å². The van der Waals surface area contributed by atoms with Gasteiger partial charge in [0, 0.05) is 6.07 Å². The summed E-state index contributed by atoms with van der Waals surface area (Å²) in [5.74, 6) is -3.20. The average molecular weight is 273 g/mol. The van der Waals surface area contributed by atoms with Crippen molar-refractivity contribution in [3.8, 4) is 0 Å². The molecule has 0 saturated carbocycles. The van der Waals surface area contributed by atoms with Crippen LogP contribution in [0.1, 0.15) is 28.0 Å². The predicted molar refractivity (Wildman–Crippen MR) is 45.5 cm³/mol. The Morgan fingerprint density at radius 2 is 1.94 bits per heavy atom. The van der Waals surface area contributed by atoms with Crippen LogP contribution >= 0.6 is 0 Å². The number of carbonyl (C=O) groups is 1. The van der Waals surface area contributed by atoms with Gasteiger partial charge in [0.25, 0.3) is 6.43 Å². The molecule has 3 nitrogen and oxygen atoms in total. The Kier molecular flexibility index (Phi) is 3.82. The number of ether oxygens (including phenoxy) is 1. The van der Waals surface area contributed by atoms with Crippen molar-refractivity contribution >= 4 is 5.97 Å². The lowest BCUT2D eigenvalue weighted by molar-refractivity contribution is -0.140. The van der Waals surface area contributed by atoms with Gasteiger partial charge in [0.1, 0.15) is 5.69 Å². The number of rotatable bonds is 2. The standard InChI is InChI=1S/C9H5F6NO2/c1-18-8(17)3-2-4(10)16-6(7(11)12)5(3)9(13,14)15/h2,7H,1H3. The molecule has 0 spiro atoms. The lowest BCUT2D eigenvalue weighted by atomic mass is 10.1. The molecular weight excluding hydrogens is 268 g/mol. The molecule has 0 unspecified atom stereocenters. The maximum atomic E-state index is 12.8. The monoisotopic (exact) mass is 273 g/mol. The summed E-state index contributed by atoms with van der Waals surface area (Å²) in [6, 6.07) is 0.0978. The Labute approximate surface area is 96.4 Å². The molecule has 0 fully saturated rings. The summed E-state index contributed by atoms with van der Waals surface area (Å²) in [4.78, 5) is 13.5. The molecule has 1 aromatic rings. The summed E-state index contributed by atoms with van der Waals surface area (Å²) >= 11 is 0. The smallest absolute Gasteiger partial charge is 0.419 e. The first kappa shape index (κ1) is 14.3. The van der Waals surface area contributed by atoms with Crippen molar-refractivity contribution in [2.75, 3.05) is 7.11 Å². The zero-order chi connectivity index (χ0) is 14.1. The molecule has 0 bridgehead atoms. The Morgan fingerprint density at radius 3 is 2.33 bits per heavy atom. The van der Waals surface area contributed by atoms with Crippen LogP contribution in [0.3, 0.4) is 0 Å². The molecule has 0 atom stereocenters. The van der Waals surface area contributed by atoms with E-state index in [1.807, 2.05) is 0 Å². The Bertz CT molecular complexity index is 471. The van der Waals surface area contributed by atoms with Crippen molar-refractivity contribution in [1.82, 2.24) is 4.98 Å². The van der Waals surface area contributed by atoms with E-state index in [1.54, 1.807) is 0 Å². The first-order valence-electron chi connectivity index (χ1n) is 4.32. The highest BCUT2D eigenvalue weighted by atomic mass is 19.4. The molecule has 0 aliphatic heterocycles. The van der Waals surface area contributed by atoms with E-state index in [0.29, 0.717) is 0 Å². The van der Waals surface area contributed by atoms with Crippen LogP contribution < -0.4 is 0 Å². The molecule has 0 radical (unpaired) electrons. The average Bonchev–Trinajstić information content (AvgIpc) is 2.24. The summed E-state index contributed by atoms with van der Waals surface area (Å²) in [6.45, 7) is 0. The summed E-state index contributed by atoms with van der Waals surface area (Å²) < 4.78 is 79.4. The van der Waals surface area contributed by atoms with Gasteiger partial charge < -0.3 is 4.74 Å². The Morgan fingerprint density at radius 1 is 1.39 bits per heavy atom. The lowest BCUT2D eigenvalue weighted by Gasteiger charge is -2.15. The number of hydrogen-bond acceptors (Lipinski definition) is 3. The first-order valence-corrected chi connectivity index (χ1v) is 4.32. The number of nitrogens with zero attached hydrogens (tertiary/aromatic N) is 1. The zero-order valence-electron chi connectivity index (χ0n) is 8.69. The number of carbonyl (C=O) groups excluding carboxylic acids is 1. The third-order valence-corrected chi connectivity index (χ3v) is 1.91. The van der Waals surface area contributed by atoms with E-state index in [-0.39, 0.29) is 6.07 Å². The molecule has 0 amide bonds. The number of aromatic nitrogens is 1. The van der Waals surface area contributed by atoms with Gasteiger partial charge in [-0.05, 0) is 0 Å². The maximum Gasteiger partial charge on any atom is 0.419 e. The molecule has 1 aromatic heterocycles. The fraction of sp³-hybridized carbons (Fsp3) is 0.333. The molecule has 100 valence electrons. The van der Waals surface area contributed by atoms with E-state index in [0.717, 1.165) is 7.11 Å². The summed E-state index contributed by atoms with van der Waals surface area (Å²) in [5.41, 5.74) is -5.18. The van der Waals surface area contributed by atoms with Crippen LogP contribution in [0.25, 0.3) is 0 Å². The number of alkyl halides is 5. The van der Waals surface area contributed by atoms with Gasteiger partial charge in [0.15, 0.2) is 0 Å². The molecule has 9 heteroatoms. The Hall–Kier alpha value is -1.80. The SMILES string of the molecule is COC(=O)c1cc(F)nc(C(F)F)c1C(F)(F)F. The van der Waals surface area contributed by atoms with Crippen LogP contribution in [-0.4, -0.2) is 18.1 Å². The predicted octanol–water partition coefficient (Wildman–Crippen LogP) is 2.96. The number of halogens is 6. The van der Waals surface area contributed by atoms with Crippen LogP contribution in [-0.2, 0) is 10.9 Å². The van der Waals surface area contributed by atoms with E-state index in [2.05, 4.69) is 9.72 Å². The van der Waals surface area contributed by atoms with Crippen molar-refractivity contribution in [1.29, 1.82) is 0 Å². The molecule has 1 heterocycles. The molecule has 18 heavy (non-hydrogen) atoms. The third kappa shape index (κ3) is 2.71. The van der Waals surface area contributed by atoms with Gasteiger partial charge in [-0.25, -0.2) is 18.6 Å². The third-order valence-electron chi connectivity index (χ3n) is 1.91. The molecular formula is C9H5F6NO2. The van der Waals surface area contributed by atoms with Gasteiger partial charge >= 0.3 is 12.1 Å². The minimum absolute atomic E-state index is 0.0978. The zero-order valence-corrected chi connectivity index (χ0v) is 8.69. The quantitative estimate of drug-likeness (QED) is 0.472. The summed E-state index contributed by atoms with van der Waals surface area (Å²) in [7, 11) is 0.739. The van der Waals surface area contributed by atoms with Gasteiger partial charge in [0.05, 0.1) is 18.2 Å².